The molecule has 0 spiro atoms. The summed E-state index contributed by atoms with van der Waals surface area (Å²) >= 11 is 0. The molecule has 0 atom stereocenters. The quantitative estimate of drug-likeness (QED) is 0.549. The van der Waals surface area contributed by atoms with Gasteiger partial charge in [-0.15, -0.1) is 0 Å². The van der Waals surface area contributed by atoms with Crippen molar-refractivity contribution >= 4 is 5.97 Å². The summed E-state index contributed by atoms with van der Waals surface area (Å²) in [5.74, 6) is -0.140. The van der Waals surface area contributed by atoms with Crippen molar-refractivity contribution in [2.45, 2.75) is 20.3 Å². The summed E-state index contributed by atoms with van der Waals surface area (Å²) in [7, 11) is 1.46. The Morgan fingerprint density at radius 1 is 1.30 bits per heavy atom. The Bertz CT molecular complexity index is 430. The van der Waals surface area contributed by atoms with Crippen molar-refractivity contribution in [3.8, 4) is 11.5 Å². The number of carbonyl (C=O) groups excluding carboxylic acids is 1. The molecule has 1 aromatic rings. The summed E-state index contributed by atoms with van der Waals surface area (Å²) < 4.78 is 10.1. The molecule has 5 nitrogen and oxygen atoms in total. The fraction of sp³-hybridized carbons (Fsp3) is 0.533. The van der Waals surface area contributed by atoms with Crippen molar-refractivity contribution < 1.29 is 24.3 Å². The summed E-state index contributed by atoms with van der Waals surface area (Å²) in [6, 6.07) is 4.49. The zero-order chi connectivity index (χ0) is 15.0. The fourth-order valence-electron chi connectivity index (χ4n) is 1.99. The molecule has 0 heterocycles. The average Bonchev–Trinajstić information content (AvgIpc) is 2.47. The minimum Gasteiger partial charge on any atom is -0.504 e. The number of esters is 1. The van der Waals surface area contributed by atoms with E-state index < -0.39 is 5.97 Å². The molecule has 0 aliphatic heterocycles. The molecule has 0 saturated heterocycles. The molecule has 1 aromatic carbocycles. The number of hydrogen-bond acceptors (Lipinski definition) is 4. The van der Waals surface area contributed by atoms with E-state index >= 15 is 0 Å². The molecule has 5 heteroatoms. The maximum absolute atomic E-state index is 11.8. The second-order valence-electron chi connectivity index (χ2n) is 4.58. The molecular weight excluding hydrogens is 258 g/mol. The predicted molar refractivity (Wildman–Crippen MR) is 76.5 cm³/mol. The summed E-state index contributed by atoms with van der Waals surface area (Å²) in [6.07, 6.45) is 0.838. The molecule has 2 N–H and O–H groups in total. The fourth-order valence-corrected chi connectivity index (χ4v) is 1.99. The van der Waals surface area contributed by atoms with Crippen molar-refractivity contribution in [1.29, 1.82) is 0 Å². The minimum atomic E-state index is -0.419. The normalized spacial score (nSPS) is 10.6. The van der Waals surface area contributed by atoms with E-state index in [0.717, 1.165) is 26.1 Å². The second kappa shape index (κ2) is 8.43. The molecular formula is C15H24NO4+. The second-order valence-corrected chi connectivity index (χ2v) is 4.58. The monoisotopic (exact) mass is 282 g/mol. The Balaban J connectivity index is 2.41. The standard InChI is InChI=1S/C15H23NO4/c1-4-16(5-2)9-6-10-20-15(18)12-7-8-14(19-3)13(17)11-12/h7-8,11,17H,4-6,9-10H2,1-3H3/p+1. The number of hydrogen-bond donors (Lipinski definition) is 2. The lowest BCUT2D eigenvalue weighted by Gasteiger charge is -2.15. The van der Waals surface area contributed by atoms with E-state index in [4.69, 9.17) is 9.47 Å². The highest BCUT2D eigenvalue weighted by Crippen LogP contribution is 2.26. The summed E-state index contributed by atoms with van der Waals surface area (Å²) in [5, 5.41) is 9.61. The molecule has 112 valence electrons. The van der Waals surface area contributed by atoms with Crippen LogP contribution in [0.3, 0.4) is 0 Å². The lowest BCUT2D eigenvalue weighted by molar-refractivity contribution is -0.896. The maximum atomic E-state index is 11.8. The topological polar surface area (TPSA) is 60.2 Å². The van der Waals surface area contributed by atoms with Crippen LogP contribution in [0.2, 0.25) is 0 Å². The number of phenols is 1. The predicted octanol–water partition coefficient (Wildman–Crippen LogP) is 0.872. The number of phenolic OH excluding ortho intramolecular Hbond substituents is 1. The first-order valence-electron chi connectivity index (χ1n) is 7.00. The number of quaternary nitrogens is 1. The first kappa shape index (κ1) is 16.3. The van der Waals surface area contributed by atoms with Gasteiger partial charge in [0.1, 0.15) is 0 Å². The third-order valence-corrected chi connectivity index (χ3v) is 3.32. The average molecular weight is 282 g/mol. The first-order chi connectivity index (χ1) is 9.62. The molecule has 0 amide bonds. The van der Waals surface area contributed by atoms with Crippen LogP contribution in [-0.2, 0) is 4.74 Å². The van der Waals surface area contributed by atoms with Gasteiger partial charge in [0.05, 0.1) is 38.9 Å². The van der Waals surface area contributed by atoms with Crippen LogP contribution in [0.1, 0.15) is 30.6 Å². The molecule has 0 aliphatic rings. The third kappa shape index (κ3) is 4.74. The molecule has 0 aliphatic carbocycles. The van der Waals surface area contributed by atoms with Gasteiger partial charge < -0.3 is 19.5 Å². The smallest absolute Gasteiger partial charge is 0.338 e. The highest BCUT2D eigenvalue weighted by molar-refractivity contribution is 5.90. The van der Waals surface area contributed by atoms with Gasteiger partial charge in [-0.25, -0.2) is 4.79 Å². The summed E-state index contributed by atoms with van der Waals surface area (Å²) in [5.41, 5.74) is 0.332. The van der Waals surface area contributed by atoms with Gasteiger partial charge in [0, 0.05) is 6.42 Å². The summed E-state index contributed by atoms with van der Waals surface area (Å²) in [6.45, 7) is 7.84. The van der Waals surface area contributed by atoms with Gasteiger partial charge in [-0.3, -0.25) is 0 Å². The van der Waals surface area contributed by atoms with Crippen molar-refractivity contribution in [1.82, 2.24) is 0 Å². The number of aromatic hydroxyl groups is 1. The lowest BCUT2D eigenvalue weighted by Crippen LogP contribution is -3.11. The first-order valence-corrected chi connectivity index (χ1v) is 7.00. The van der Waals surface area contributed by atoms with E-state index in [9.17, 15) is 9.90 Å². The van der Waals surface area contributed by atoms with Crippen molar-refractivity contribution in [2.24, 2.45) is 0 Å². The van der Waals surface area contributed by atoms with E-state index in [0.29, 0.717) is 17.9 Å². The van der Waals surface area contributed by atoms with E-state index in [2.05, 4.69) is 13.8 Å². The van der Waals surface area contributed by atoms with Gasteiger partial charge >= 0.3 is 5.97 Å². The number of ether oxygens (including phenoxy) is 2. The van der Waals surface area contributed by atoms with Gasteiger partial charge in [0.2, 0.25) is 0 Å². The number of methoxy groups -OCH3 is 1. The molecule has 1 rings (SSSR count). The number of rotatable bonds is 8. The van der Waals surface area contributed by atoms with E-state index in [1.54, 1.807) is 12.1 Å². The Morgan fingerprint density at radius 3 is 2.55 bits per heavy atom. The van der Waals surface area contributed by atoms with Crippen LogP contribution in [0.5, 0.6) is 11.5 Å². The van der Waals surface area contributed by atoms with E-state index in [1.165, 1.54) is 18.1 Å². The minimum absolute atomic E-state index is 0.0606. The van der Waals surface area contributed by atoms with Crippen LogP contribution in [-0.4, -0.2) is 44.4 Å². The maximum Gasteiger partial charge on any atom is 0.338 e. The van der Waals surface area contributed by atoms with Crippen molar-refractivity contribution in [3.63, 3.8) is 0 Å². The number of carbonyl (C=O) groups is 1. The van der Waals surface area contributed by atoms with Gasteiger partial charge in [0.15, 0.2) is 11.5 Å². The van der Waals surface area contributed by atoms with Crippen molar-refractivity contribution in [3.05, 3.63) is 23.8 Å². The van der Waals surface area contributed by atoms with Crippen molar-refractivity contribution in [2.75, 3.05) is 33.4 Å². The Labute approximate surface area is 120 Å². The number of nitrogens with one attached hydrogen (secondary N) is 1. The van der Waals surface area contributed by atoms with Crippen LogP contribution in [0.4, 0.5) is 0 Å². The lowest BCUT2D eigenvalue weighted by atomic mass is 10.2. The van der Waals surface area contributed by atoms with Gasteiger partial charge in [-0.05, 0) is 32.0 Å². The molecule has 20 heavy (non-hydrogen) atoms. The Morgan fingerprint density at radius 2 is 2.00 bits per heavy atom. The Kier molecular flexibility index (Phi) is 6.87. The molecule has 0 radical (unpaired) electrons. The van der Waals surface area contributed by atoms with Gasteiger partial charge in [-0.2, -0.15) is 0 Å². The zero-order valence-corrected chi connectivity index (χ0v) is 12.4. The molecule has 0 aromatic heterocycles. The molecule has 0 unspecified atom stereocenters. The highest BCUT2D eigenvalue weighted by atomic mass is 16.5. The third-order valence-electron chi connectivity index (χ3n) is 3.32. The Hall–Kier alpha value is -1.75. The van der Waals surface area contributed by atoms with E-state index in [1.807, 2.05) is 0 Å². The van der Waals surface area contributed by atoms with E-state index in [-0.39, 0.29) is 5.75 Å². The van der Waals surface area contributed by atoms with Crippen LogP contribution < -0.4 is 9.64 Å². The van der Waals surface area contributed by atoms with Crippen LogP contribution in [0.15, 0.2) is 18.2 Å². The molecule has 0 bridgehead atoms. The van der Waals surface area contributed by atoms with Gasteiger partial charge in [-0.1, -0.05) is 0 Å². The largest absolute Gasteiger partial charge is 0.504 e. The molecule has 0 saturated carbocycles. The highest BCUT2D eigenvalue weighted by Gasteiger charge is 2.11. The zero-order valence-electron chi connectivity index (χ0n) is 12.4. The SMILES string of the molecule is CC[NH+](CC)CCCOC(=O)c1ccc(OC)c(O)c1. The van der Waals surface area contributed by atoms with Crippen LogP contribution >= 0.6 is 0 Å². The number of benzene rings is 1. The van der Waals surface area contributed by atoms with Crippen LogP contribution in [0.25, 0.3) is 0 Å². The van der Waals surface area contributed by atoms with Crippen LogP contribution in [0, 0.1) is 0 Å². The molecule has 0 fully saturated rings. The van der Waals surface area contributed by atoms with Gasteiger partial charge in [0.25, 0.3) is 0 Å². The summed E-state index contributed by atoms with van der Waals surface area (Å²) in [4.78, 5) is 13.3.